The number of allylic oxidation sites excluding steroid dienone is 1. The van der Waals surface area contributed by atoms with Gasteiger partial charge in [0, 0.05) is 18.3 Å². The number of carbonyl (C=O) groups is 1. The number of nitrogens with zero attached hydrogens (tertiary/aromatic N) is 5. The van der Waals surface area contributed by atoms with Gasteiger partial charge < -0.3 is 15.2 Å². The lowest BCUT2D eigenvalue weighted by atomic mass is 10.1. The average Bonchev–Trinajstić information content (AvgIpc) is 3.23. The summed E-state index contributed by atoms with van der Waals surface area (Å²) in [5.41, 5.74) is 1.75. The van der Waals surface area contributed by atoms with Crippen LogP contribution in [0.3, 0.4) is 0 Å². The van der Waals surface area contributed by atoms with Gasteiger partial charge in [0.05, 0.1) is 18.8 Å². The monoisotopic (exact) mass is 561 g/mol. The standard InChI is InChI=1S/C29H35N7O5/c1-4-17-35-27(38)22-19-30-28(33-26(22)36(35)24-11-9-10-23(32-24)29(2,3)39)31-20-13-15-21(16-14-20)41-18-8-6-5-7-12-25(37)34-40/h4,9-11,13-16,19,39-40H,1,5-8,12,17-18H2,2-3H3,(H,34,37)(H,30,31,33). The fourth-order valence-corrected chi connectivity index (χ4v) is 4.24. The van der Waals surface area contributed by atoms with E-state index < -0.39 is 5.60 Å². The van der Waals surface area contributed by atoms with Crippen LogP contribution < -0.4 is 21.1 Å². The van der Waals surface area contributed by atoms with E-state index in [9.17, 15) is 14.7 Å². The van der Waals surface area contributed by atoms with Crippen LogP contribution in [0, 0.1) is 0 Å². The van der Waals surface area contributed by atoms with Crippen molar-refractivity contribution in [1.29, 1.82) is 0 Å². The Morgan fingerprint density at radius 3 is 2.56 bits per heavy atom. The van der Waals surface area contributed by atoms with E-state index in [0.29, 0.717) is 41.5 Å². The van der Waals surface area contributed by atoms with Crippen molar-refractivity contribution >= 4 is 28.6 Å². The second-order valence-electron chi connectivity index (χ2n) is 10.1. The molecule has 3 heterocycles. The molecule has 0 spiro atoms. The van der Waals surface area contributed by atoms with Gasteiger partial charge in [-0.1, -0.05) is 25.0 Å². The van der Waals surface area contributed by atoms with Crippen molar-refractivity contribution in [2.45, 2.75) is 58.1 Å². The number of amides is 1. The molecule has 1 amide bonds. The molecule has 0 aliphatic carbocycles. The van der Waals surface area contributed by atoms with Crippen LogP contribution in [0.1, 0.15) is 51.6 Å². The summed E-state index contributed by atoms with van der Waals surface area (Å²) < 4.78 is 8.89. The second-order valence-corrected chi connectivity index (χ2v) is 10.1. The number of ether oxygens (including phenoxy) is 1. The molecule has 41 heavy (non-hydrogen) atoms. The smallest absolute Gasteiger partial charge is 0.278 e. The highest BCUT2D eigenvalue weighted by Crippen LogP contribution is 2.23. The van der Waals surface area contributed by atoms with Crippen molar-refractivity contribution in [3.05, 3.63) is 77.4 Å². The van der Waals surface area contributed by atoms with E-state index in [1.165, 1.54) is 10.9 Å². The number of nitrogens with one attached hydrogen (secondary N) is 2. The minimum absolute atomic E-state index is 0.231. The van der Waals surface area contributed by atoms with Crippen molar-refractivity contribution in [2.24, 2.45) is 0 Å². The molecule has 4 rings (SSSR count). The van der Waals surface area contributed by atoms with E-state index in [-0.39, 0.29) is 18.0 Å². The third kappa shape index (κ3) is 7.35. The zero-order chi connectivity index (χ0) is 29.4. The molecule has 0 bridgehead atoms. The van der Waals surface area contributed by atoms with E-state index >= 15 is 0 Å². The van der Waals surface area contributed by atoms with Gasteiger partial charge in [0.15, 0.2) is 11.5 Å². The molecule has 3 aromatic heterocycles. The molecule has 0 aliphatic heterocycles. The molecule has 4 aromatic rings. The summed E-state index contributed by atoms with van der Waals surface area (Å²) in [6.45, 7) is 7.85. The number of anilines is 2. The van der Waals surface area contributed by atoms with Crippen molar-refractivity contribution < 1.29 is 19.8 Å². The molecule has 12 heteroatoms. The SMILES string of the molecule is C=CCn1c(=O)c2cnc(Nc3ccc(OCCCCCCC(=O)NO)cc3)nc2n1-c1cccc(C(C)(C)O)n1. The van der Waals surface area contributed by atoms with E-state index in [4.69, 9.17) is 9.94 Å². The van der Waals surface area contributed by atoms with Gasteiger partial charge in [0.2, 0.25) is 11.9 Å². The maximum absolute atomic E-state index is 13.2. The minimum atomic E-state index is -1.17. The first-order valence-electron chi connectivity index (χ1n) is 13.4. The van der Waals surface area contributed by atoms with E-state index in [1.54, 1.807) is 48.3 Å². The van der Waals surface area contributed by atoms with Crippen LogP contribution in [0.2, 0.25) is 0 Å². The largest absolute Gasteiger partial charge is 0.494 e. The Morgan fingerprint density at radius 2 is 1.85 bits per heavy atom. The number of pyridine rings is 1. The first-order valence-corrected chi connectivity index (χ1v) is 13.4. The Balaban J connectivity index is 1.48. The van der Waals surface area contributed by atoms with Crippen LogP contribution >= 0.6 is 0 Å². The van der Waals surface area contributed by atoms with Crippen molar-refractivity contribution in [2.75, 3.05) is 11.9 Å². The van der Waals surface area contributed by atoms with Gasteiger partial charge in [-0.15, -0.1) is 6.58 Å². The van der Waals surface area contributed by atoms with Gasteiger partial charge in [-0.25, -0.2) is 24.8 Å². The molecule has 0 aliphatic rings. The van der Waals surface area contributed by atoms with Gasteiger partial charge in [-0.2, -0.15) is 4.98 Å². The number of rotatable bonds is 14. The molecule has 0 saturated heterocycles. The number of hydroxylamine groups is 1. The quantitative estimate of drug-likeness (QED) is 0.0774. The molecule has 0 saturated carbocycles. The number of fused-ring (bicyclic) bond motifs is 1. The number of aliphatic hydroxyl groups is 1. The van der Waals surface area contributed by atoms with Crippen LogP contribution in [-0.2, 0) is 16.9 Å². The third-order valence-corrected chi connectivity index (χ3v) is 6.36. The average molecular weight is 562 g/mol. The van der Waals surface area contributed by atoms with Crippen molar-refractivity contribution in [1.82, 2.24) is 29.8 Å². The highest BCUT2D eigenvalue weighted by Gasteiger charge is 2.21. The summed E-state index contributed by atoms with van der Waals surface area (Å²) in [6, 6.07) is 12.6. The second kappa shape index (κ2) is 13.2. The molecule has 0 unspecified atom stereocenters. The number of aromatic nitrogens is 5. The summed E-state index contributed by atoms with van der Waals surface area (Å²) in [7, 11) is 0. The van der Waals surface area contributed by atoms with Crippen LogP contribution in [0.25, 0.3) is 16.9 Å². The first kappa shape index (κ1) is 29.4. The maximum atomic E-state index is 13.2. The summed E-state index contributed by atoms with van der Waals surface area (Å²) in [5, 5.41) is 22.5. The lowest BCUT2D eigenvalue weighted by molar-refractivity contribution is -0.129. The van der Waals surface area contributed by atoms with E-state index in [0.717, 1.165) is 37.1 Å². The highest BCUT2D eigenvalue weighted by molar-refractivity contribution is 5.77. The zero-order valence-electron chi connectivity index (χ0n) is 23.2. The molecule has 0 fully saturated rings. The molecule has 4 N–H and O–H groups in total. The van der Waals surface area contributed by atoms with Crippen LogP contribution in [0.4, 0.5) is 11.6 Å². The maximum Gasteiger partial charge on any atom is 0.278 e. The van der Waals surface area contributed by atoms with Gasteiger partial charge in [0.25, 0.3) is 5.56 Å². The molecule has 12 nitrogen and oxygen atoms in total. The van der Waals surface area contributed by atoms with E-state index in [2.05, 4.69) is 26.8 Å². The summed E-state index contributed by atoms with van der Waals surface area (Å²) in [6.07, 6.45) is 6.80. The number of unbranched alkanes of at least 4 members (excludes halogenated alkanes) is 3. The molecular weight excluding hydrogens is 526 g/mol. The first-order chi connectivity index (χ1) is 19.7. The van der Waals surface area contributed by atoms with Gasteiger partial charge in [0.1, 0.15) is 16.7 Å². The van der Waals surface area contributed by atoms with E-state index in [1.807, 2.05) is 24.3 Å². The number of hydrogen-bond acceptors (Lipinski definition) is 9. The normalized spacial score (nSPS) is 11.4. The predicted molar refractivity (Wildman–Crippen MR) is 155 cm³/mol. The number of benzene rings is 1. The van der Waals surface area contributed by atoms with Crippen molar-refractivity contribution in [3.8, 4) is 11.6 Å². The number of hydrogen-bond donors (Lipinski definition) is 4. The Morgan fingerprint density at radius 1 is 1.10 bits per heavy atom. The fourth-order valence-electron chi connectivity index (χ4n) is 4.24. The lowest BCUT2D eigenvalue weighted by Gasteiger charge is -2.18. The fraction of sp³-hybridized carbons (Fsp3) is 0.345. The minimum Gasteiger partial charge on any atom is -0.494 e. The predicted octanol–water partition coefficient (Wildman–Crippen LogP) is 3.97. The van der Waals surface area contributed by atoms with Gasteiger partial charge >= 0.3 is 0 Å². The van der Waals surface area contributed by atoms with Crippen LogP contribution in [-0.4, -0.2) is 47.1 Å². The molecule has 0 radical (unpaired) electrons. The lowest BCUT2D eigenvalue weighted by Crippen LogP contribution is -2.23. The van der Waals surface area contributed by atoms with Crippen molar-refractivity contribution in [3.63, 3.8) is 0 Å². The van der Waals surface area contributed by atoms with Gasteiger partial charge in [-0.3, -0.25) is 14.8 Å². The third-order valence-electron chi connectivity index (χ3n) is 6.36. The summed E-state index contributed by atoms with van der Waals surface area (Å²) >= 11 is 0. The Kier molecular flexibility index (Phi) is 9.48. The molecular formula is C29H35N7O5. The Bertz CT molecular complexity index is 1550. The van der Waals surface area contributed by atoms with Gasteiger partial charge in [-0.05, 0) is 63.1 Å². The molecule has 0 atom stereocenters. The zero-order valence-corrected chi connectivity index (χ0v) is 23.2. The Hall–Kier alpha value is -4.55. The highest BCUT2D eigenvalue weighted by atomic mass is 16.5. The molecule has 216 valence electrons. The molecule has 1 aromatic carbocycles. The number of carbonyl (C=O) groups excluding carboxylic acids is 1. The topological polar surface area (TPSA) is 156 Å². The summed E-state index contributed by atoms with van der Waals surface area (Å²) in [5.74, 6) is 1.08. The van der Waals surface area contributed by atoms with Crippen LogP contribution in [0.15, 0.2) is 66.1 Å². The summed E-state index contributed by atoms with van der Waals surface area (Å²) in [4.78, 5) is 37.8. The van der Waals surface area contributed by atoms with Crippen LogP contribution in [0.5, 0.6) is 5.75 Å². The Labute approximate surface area is 237 Å².